The van der Waals surface area contributed by atoms with E-state index in [0.717, 1.165) is 32.8 Å². The first-order valence-corrected chi connectivity index (χ1v) is 10.5. The van der Waals surface area contributed by atoms with E-state index in [4.69, 9.17) is 4.74 Å². The minimum absolute atomic E-state index is 0.0686. The summed E-state index contributed by atoms with van der Waals surface area (Å²) >= 11 is 0. The van der Waals surface area contributed by atoms with Gasteiger partial charge in [0.25, 0.3) is 0 Å². The number of morpholine rings is 1. The maximum Gasteiger partial charge on any atom is 0.237 e. The molecule has 0 aliphatic carbocycles. The van der Waals surface area contributed by atoms with Crippen LogP contribution in [0.15, 0.2) is 54.6 Å². The van der Waals surface area contributed by atoms with Crippen LogP contribution >= 0.6 is 0 Å². The smallest absolute Gasteiger partial charge is 0.237 e. The van der Waals surface area contributed by atoms with Gasteiger partial charge in [-0.25, -0.2) is 0 Å². The molecule has 5 nitrogen and oxygen atoms in total. The Bertz CT molecular complexity index is 775. The Morgan fingerprint density at radius 3 is 2.45 bits per heavy atom. The van der Waals surface area contributed by atoms with E-state index in [1.165, 1.54) is 16.8 Å². The van der Waals surface area contributed by atoms with Gasteiger partial charge in [0.15, 0.2) is 0 Å². The van der Waals surface area contributed by atoms with Gasteiger partial charge in [-0.2, -0.15) is 0 Å². The molecule has 0 aromatic heterocycles. The Morgan fingerprint density at radius 2 is 1.72 bits per heavy atom. The van der Waals surface area contributed by atoms with Gasteiger partial charge in [-0.05, 0) is 37.1 Å². The third-order valence-electron chi connectivity index (χ3n) is 5.75. The van der Waals surface area contributed by atoms with Crippen molar-refractivity contribution in [1.29, 1.82) is 0 Å². The average molecular weight is 396 g/mol. The lowest BCUT2D eigenvalue weighted by atomic mass is 10.0. The topological polar surface area (TPSA) is 44.8 Å². The zero-order chi connectivity index (χ0) is 20.6. The molecule has 1 aliphatic heterocycles. The number of nitrogens with zero attached hydrogens (tertiary/aromatic N) is 2. The third kappa shape index (κ3) is 5.81. The third-order valence-corrected chi connectivity index (χ3v) is 5.75. The molecule has 1 saturated heterocycles. The van der Waals surface area contributed by atoms with Crippen LogP contribution in [0.3, 0.4) is 0 Å². The highest BCUT2D eigenvalue weighted by molar-refractivity contribution is 5.81. The summed E-state index contributed by atoms with van der Waals surface area (Å²) in [5.74, 6) is 0.360. The predicted molar refractivity (Wildman–Crippen MR) is 118 cm³/mol. The molecule has 1 amide bonds. The molecule has 2 aromatic rings. The number of likely N-dealkylation sites (N-methyl/N-ethyl adjacent to an activating group) is 1. The molecule has 2 atom stereocenters. The van der Waals surface area contributed by atoms with Crippen molar-refractivity contribution in [1.82, 2.24) is 10.2 Å². The highest BCUT2D eigenvalue weighted by atomic mass is 16.5. The summed E-state index contributed by atoms with van der Waals surface area (Å²) in [6.45, 7) is 8.84. The molecule has 156 valence electrons. The van der Waals surface area contributed by atoms with Crippen LogP contribution in [0.5, 0.6) is 0 Å². The Labute approximate surface area is 174 Å². The largest absolute Gasteiger partial charge is 0.378 e. The molecular weight excluding hydrogens is 362 g/mol. The number of carbonyl (C=O) groups is 1. The molecule has 0 unspecified atom stereocenters. The number of hydrogen-bond donors (Lipinski definition) is 1. The summed E-state index contributed by atoms with van der Waals surface area (Å²) < 4.78 is 5.48. The second-order valence-electron chi connectivity index (χ2n) is 7.88. The number of ether oxygens (including phenoxy) is 1. The van der Waals surface area contributed by atoms with Crippen LogP contribution in [0.2, 0.25) is 0 Å². The molecule has 1 heterocycles. The van der Waals surface area contributed by atoms with Crippen LogP contribution in [-0.2, 0) is 16.1 Å². The number of nitrogens with one attached hydrogen (secondary N) is 1. The predicted octanol–water partition coefficient (Wildman–Crippen LogP) is 3.26. The highest BCUT2D eigenvalue weighted by Crippen LogP contribution is 2.23. The van der Waals surface area contributed by atoms with Crippen LogP contribution in [0, 0.1) is 0 Å². The minimum Gasteiger partial charge on any atom is -0.378 e. The number of carbonyl (C=O) groups excluding carboxylic acids is 1. The Hall–Kier alpha value is -2.37. The molecule has 1 fully saturated rings. The van der Waals surface area contributed by atoms with E-state index in [0.29, 0.717) is 12.5 Å². The Kier molecular flexibility index (Phi) is 7.67. The molecule has 0 radical (unpaired) electrons. The number of para-hydroxylation sites is 1. The van der Waals surface area contributed by atoms with E-state index < -0.39 is 0 Å². The van der Waals surface area contributed by atoms with Gasteiger partial charge in [-0.15, -0.1) is 0 Å². The van der Waals surface area contributed by atoms with Gasteiger partial charge in [0.05, 0.1) is 19.3 Å². The van der Waals surface area contributed by atoms with E-state index >= 15 is 0 Å². The first-order chi connectivity index (χ1) is 14.1. The summed E-state index contributed by atoms with van der Waals surface area (Å²) in [4.78, 5) is 17.2. The summed E-state index contributed by atoms with van der Waals surface area (Å²) in [7, 11) is 2.01. The van der Waals surface area contributed by atoms with Gasteiger partial charge in [0, 0.05) is 31.9 Å². The molecule has 3 rings (SSSR count). The summed E-state index contributed by atoms with van der Waals surface area (Å²) in [6, 6.07) is 18.6. The van der Waals surface area contributed by atoms with Crippen molar-refractivity contribution in [2.24, 2.45) is 0 Å². The standard InChI is InChI=1S/C24H33N3O2/c1-19(21-9-5-4-6-10-21)17-25-24(28)20(2)26(3)18-22-11-7-8-12-23(22)27-13-15-29-16-14-27/h4-12,19-20H,13-18H2,1-3H3,(H,25,28)/t19-,20-/m0/s1. The molecule has 2 aromatic carbocycles. The Morgan fingerprint density at radius 1 is 1.07 bits per heavy atom. The van der Waals surface area contributed by atoms with Gasteiger partial charge >= 0.3 is 0 Å². The molecule has 0 spiro atoms. The van der Waals surface area contributed by atoms with Gasteiger partial charge in [-0.1, -0.05) is 55.5 Å². The fourth-order valence-corrected chi connectivity index (χ4v) is 3.66. The number of amides is 1. The second kappa shape index (κ2) is 10.4. The van der Waals surface area contributed by atoms with E-state index in [-0.39, 0.29) is 11.9 Å². The number of anilines is 1. The molecule has 0 saturated carbocycles. The van der Waals surface area contributed by atoms with Crippen molar-refractivity contribution in [3.05, 3.63) is 65.7 Å². The average Bonchev–Trinajstić information content (AvgIpc) is 2.78. The lowest BCUT2D eigenvalue weighted by Crippen LogP contribution is -2.44. The lowest BCUT2D eigenvalue weighted by molar-refractivity contribution is -0.125. The fraction of sp³-hybridized carbons (Fsp3) is 0.458. The molecule has 5 heteroatoms. The van der Waals surface area contributed by atoms with E-state index in [9.17, 15) is 4.79 Å². The number of hydrogen-bond acceptors (Lipinski definition) is 4. The zero-order valence-electron chi connectivity index (χ0n) is 17.8. The summed E-state index contributed by atoms with van der Waals surface area (Å²) in [6.07, 6.45) is 0. The monoisotopic (exact) mass is 395 g/mol. The number of rotatable bonds is 8. The molecular formula is C24H33N3O2. The van der Waals surface area contributed by atoms with Crippen molar-refractivity contribution in [3.63, 3.8) is 0 Å². The summed E-state index contributed by atoms with van der Waals surface area (Å²) in [5, 5.41) is 3.12. The van der Waals surface area contributed by atoms with Crippen molar-refractivity contribution in [2.75, 3.05) is 44.8 Å². The lowest BCUT2D eigenvalue weighted by Gasteiger charge is -2.32. The van der Waals surface area contributed by atoms with Crippen LogP contribution in [0.1, 0.15) is 30.9 Å². The minimum atomic E-state index is -0.198. The van der Waals surface area contributed by atoms with E-state index in [1.54, 1.807) is 0 Å². The molecule has 1 N–H and O–H groups in total. The van der Waals surface area contributed by atoms with E-state index in [2.05, 4.69) is 58.4 Å². The second-order valence-corrected chi connectivity index (χ2v) is 7.88. The van der Waals surface area contributed by atoms with Gasteiger partial charge in [-0.3, -0.25) is 9.69 Å². The first-order valence-electron chi connectivity index (χ1n) is 10.5. The van der Waals surface area contributed by atoms with Gasteiger partial charge < -0.3 is 15.0 Å². The molecule has 0 bridgehead atoms. The van der Waals surface area contributed by atoms with Gasteiger partial charge in [0.1, 0.15) is 0 Å². The van der Waals surface area contributed by atoms with Crippen molar-refractivity contribution >= 4 is 11.6 Å². The van der Waals surface area contributed by atoms with E-state index in [1.807, 2.05) is 32.2 Å². The first kappa shape index (κ1) is 21.3. The summed E-state index contributed by atoms with van der Waals surface area (Å²) in [5.41, 5.74) is 3.73. The van der Waals surface area contributed by atoms with Gasteiger partial charge in [0.2, 0.25) is 5.91 Å². The quantitative estimate of drug-likeness (QED) is 0.745. The maximum absolute atomic E-state index is 12.7. The van der Waals surface area contributed by atoms with Crippen molar-refractivity contribution in [2.45, 2.75) is 32.4 Å². The van der Waals surface area contributed by atoms with Crippen LogP contribution in [-0.4, -0.2) is 56.7 Å². The van der Waals surface area contributed by atoms with Crippen LogP contribution in [0.4, 0.5) is 5.69 Å². The van der Waals surface area contributed by atoms with Crippen molar-refractivity contribution in [3.8, 4) is 0 Å². The number of benzene rings is 2. The normalized spacial score (nSPS) is 16.5. The fourth-order valence-electron chi connectivity index (χ4n) is 3.66. The molecule has 1 aliphatic rings. The van der Waals surface area contributed by atoms with Crippen molar-refractivity contribution < 1.29 is 9.53 Å². The van der Waals surface area contributed by atoms with Crippen LogP contribution in [0.25, 0.3) is 0 Å². The Balaban J connectivity index is 1.56. The molecule has 29 heavy (non-hydrogen) atoms. The highest BCUT2D eigenvalue weighted by Gasteiger charge is 2.21. The van der Waals surface area contributed by atoms with Crippen LogP contribution < -0.4 is 10.2 Å². The zero-order valence-corrected chi connectivity index (χ0v) is 17.8. The maximum atomic E-state index is 12.7. The SMILES string of the molecule is C[C@@H](CNC(=O)[C@H](C)N(C)Cc1ccccc1N1CCOCC1)c1ccccc1.